The molecule has 0 bridgehead atoms. The molecule has 8 nitrogen and oxygen atoms in total. The number of nitro groups is 1. The Labute approximate surface area is 206 Å². The molecule has 5 rings (SSSR count). The highest BCUT2D eigenvalue weighted by Crippen LogP contribution is 2.34. The molecular weight excluding hydrogens is 444 g/mol. The Morgan fingerprint density at radius 3 is 2.34 bits per heavy atom. The van der Waals surface area contributed by atoms with Gasteiger partial charge in [-0.05, 0) is 56.9 Å². The predicted molar refractivity (Wildman–Crippen MR) is 136 cm³/mol. The van der Waals surface area contributed by atoms with Crippen LogP contribution in [0.25, 0.3) is 0 Å². The van der Waals surface area contributed by atoms with Crippen LogP contribution in [0.5, 0.6) is 0 Å². The largest absolute Gasteiger partial charge is 0.382 e. The Hall–Kier alpha value is -3.13. The Balaban J connectivity index is 1.02. The number of carbonyl (C=O) groups is 1. The number of likely N-dealkylation sites (tertiary alicyclic amines) is 1. The lowest BCUT2D eigenvalue weighted by molar-refractivity contribution is -0.385. The number of hydrogen-bond donors (Lipinski definition) is 1. The third-order valence-corrected chi connectivity index (χ3v) is 7.84. The van der Waals surface area contributed by atoms with Gasteiger partial charge >= 0.3 is 0 Å². The van der Waals surface area contributed by atoms with Gasteiger partial charge in [0, 0.05) is 67.1 Å². The van der Waals surface area contributed by atoms with Crippen molar-refractivity contribution in [2.45, 2.75) is 44.8 Å². The van der Waals surface area contributed by atoms with Crippen molar-refractivity contribution < 1.29 is 14.5 Å². The maximum atomic E-state index is 12.8. The van der Waals surface area contributed by atoms with E-state index in [0.29, 0.717) is 23.4 Å². The third kappa shape index (κ3) is 5.42. The number of carbonyl (C=O) groups excluding carboxylic acids is 1. The molecule has 3 aliphatic rings. The zero-order valence-electron chi connectivity index (χ0n) is 20.3. The maximum Gasteiger partial charge on any atom is 0.272 e. The van der Waals surface area contributed by atoms with Crippen LogP contribution in [0.1, 0.15) is 31.2 Å². The summed E-state index contributed by atoms with van der Waals surface area (Å²) in [5, 5.41) is 14.5. The van der Waals surface area contributed by atoms with Crippen molar-refractivity contribution in [3.63, 3.8) is 0 Å². The first-order chi connectivity index (χ1) is 17.0. The lowest BCUT2D eigenvalue weighted by Crippen LogP contribution is -2.37. The van der Waals surface area contributed by atoms with Crippen molar-refractivity contribution in [2.24, 2.45) is 11.8 Å². The number of rotatable bonds is 7. The van der Waals surface area contributed by atoms with E-state index >= 15 is 0 Å². The summed E-state index contributed by atoms with van der Waals surface area (Å²) in [5.41, 5.74) is 3.00. The number of anilines is 2. The Kier molecular flexibility index (Phi) is 6.90. The molecule has 2 aromatic rings. The number of hydrogen-bond acceptors (Lipinski definition) is 6. The standard InChI is InChI=1S/C27H34N4O4/c1-19-13-23(9-12-26(19)31(33)34)28-22-7-10-25(11-8-22)35-18-27(32)30-16-20-14-29(15-21(20)17-30)24-5-3-2-4-6-24/h2-6,9,12-13,20-22,25,28H,7-8,10-11,14-18H2,1H3. The van der Waals surface area contributed by atoms with Crippen LogP contribution in [0, 0.1) is 28.9 Å². The van der Waals surface area contributed by atoms with Crippen LogP contribution < -0.4 is 10.2 Å². The molecule has 8 heteroatoms. The Morgan fingerprint density at radius 2 is 1.71 bits per heavy atom. The molecule has 0 aromatic heterocycles. The molecular formula is C27H34N4O4. The average Bonchev–Trinajstić information content (AvgIpc) is 3.44. The topological polar surface area (TPSA) is 88.0 Å². The number of para-hydroxylation sites is 1. The molecule has 2 aromatic carbocycles. The second-order valence-corrected chi connectivity index (χ2v) is 10.2. The van der Waals surface area contributed by atoms with Gasteiger partial charge in [0.05, 0.1) is 11.0 Å². The maximum absolute atomic E-state index is 12.8. The van der Waals surface area contributed by atoms with E-state index in [0.717, 1.165) is 57.5 Å². The van der Waals surface area contributed by atoms with E-state index in [1.54, 1.807) is 19.1 Å². The highest BCUT2D eigenvalue weighted by Gasteiger charge is 2.41. The minimum atomic E-state index is -0.350. The van der Waals surface area contributed by atoms with Gasteiger partial charge in [-0.3, -0.25) is 14.9 Å². The van der Waals surface area contributed by atoms with Crippen molar-refractivity contribution in [3.05, 3.63) is 64.2 Å². The molecule has 1 saturated carbocycles. The van der Waals surface area contributed by atoms with Crippen LogP contribution in [0.2, 0.25) is 0 Å². The molecule has 2 saturated heterocycles. The molecule has 1 amide bonds. The first-order valence-electron chi connectivity index (χ1n) is 12.7. The smallest absolute Gasteiger partial charge is 0.272 e. The summed E-state index contributed by atoms with van der Waals surface area (Å²) >= 11 is 0. The van der Waals surface area contributed by atoms with Gasteiger partial charge in [-0.15, -0.1) is 0 Å². The number of aryl methyl sites for hydroxylation is 1. The summed E-state index contributed by atoms with van der Waals surface area (Å²) in [6, 6.07) is 16.0. The van der Waals surface area contributed by atoms with E-state index in [-0.39, 0.29) is 29.2 Å². The summed E-state index contributed by atoms with van der Waals surface area (Å²) in [7, 11) is 0. The first-order valence-corrected chi connectivity index (χ1v) is 12.7. The fraction of sp³-hybridized carbons (Fsp3) is 0.519. The van der Waals surface area contributed by atoms with Crippen LogP contribution in [0.3, 0.4) is 0 Å². The van der Waals surface area contributed by atoms with Gasteiger partial charge in [0.1, 0.15) is 6.61 Å². The van der Waals surface area contributed by atoms with Crippen LogP contribution in [-0.2, 0) is 9.53 Å². The average molecular weight is 479 g/mol. The molecule has 0 radical (unpaired) electrons. The summed E-state index contributed by atoms with van der Waals surface area (Å²) in [6.45, 7) is 5.64. The summed E-state index contributed by atoms with van der Waals surface area (Å²) in [4.78, 5) is 27.9. The van der Waals surface area contributed by atoms with Gasteiger partial charge < -0.3 is 19.9 Å². The number of nitrogens with one attached hydrogen (secondary N) is 1. The van der Waals surface area contributed by atoms with Crippen molar-refractivity contribution >= 4 is 23.0 Å². The molecule has 0 spiro atoms. The molecule has 1 aliphatic carbocycles. The van der Waals surface area contributed by atoms with Crippen molar-refractivity contribution in [1.29, 1.82) is 0 Å². The summed E-state index contributed by atoms with van der Waals surface area (Å²) in [5.74, 6) is 1.21. The minimum absolute atomic E-state index is 0.117. The van der Waals surface area contributed by atoms with Gasteiger partial charge in [0.15, 0.2) is 0 Å². The molecule has 186 valence electrons. The van der Waals surface area contributed by atoms with Gasteiger partial charge in [0.25, 0.3) is 5.69 Å². The number of nitro benzene ring substituents is 1. The second kappa shape index (κ2) is 10.2. The Bertz CT molecular complexity index is 1040. The molecule has 2 heterocycles. The van der Waals surface area contributed by atoms with Crippen molar-refractivity contribution in [2.75, 3.05) is 43.0 Å². The zero-order valence-corrected chi connectivity index (χ0v) is 20.3. The number of fused-ring (bicyclic) bond motifs is 1. The molecule has 2 unspecified atom stereocenters. The fourth-order valence-corrected chi connectivity index (χ4v) is 5.89. The van der Waals surface area contributed by atoms with Gasteiger partial charge in [-0.2, -0.15) is 0 Å². The van der Waals surface area contributed by atoms with Gasteiger partial charge in [-0.1, -0.05) is 18.2 Å². The predicted octanol–water partition coefficient (Wildman–Crippen LogP) is 4.24. The molecule has 2 aliphatic heterocycles. The highest BCUT2D eigenvalue weighted by atomic mass is 16.6. The van der Waals surface area contributed by atoms with E-state index in [2.05, 4.69) is 34.5 Å². The molecule has 35 heavy (non-hydrogen) atoms. The summed E-state index contributed by atoms with van der Waals surface area (Å²) in [6.07, 6.45) is 3.85. The quantitative estimate of drug-likeness (QED) is 0.473. The SMILES string of the molecule is Cc1cc(NC2CCC(OCC(=O)N3CC4CN(c5ccccc5)CC4C3)CC2)ccc1[N+](=O)[O-]. The van der Waals surface area contributed by atoms with E-state index in [1.165, 1.54) is 5.69 Å². The lowest BCUT2D eigenvalue weighted by Gasteiger charge is -2.30. The van der Waals surface area contributed by atoms with Crippen LogP contribution in [0.15, 0.2) is 48.5 Å². The van der Waals surface area contributed by atoms with E-state index in [4.69, 9.17) is 4.74 Å². The number of nitrogens with zero attached hydrogens (tertiary/aromatic N) is 3. The monoisotopic (exact) mass is 478 g/mol. The number of amides is 1. The molecule has 1 N–H and O–H groups in total. The first kappa shape index (κ1) is 23.6. The minimum Gasteiger partial charge on any atom is -0.382 e. The van der Waals surface area contributed by atoms with Crippen LogP contribution in [0.4, 0.5) is 17.1 Å². The van der Waals surface area contributed by atoms with Gasteiger partial charge in [0.2, 0.25) is 5.91 Å². The molecule has 3 fully saturated rings. The van der Waals surface area contributed by atoms with Crippen LogP contribution in [-0.4, -0.2) is 60.7 Å². The van der Waals surface area contributed by atoms with Gasteiger partial charge in [-0.25, -0.2) is 0 Å². The third-order valence-electron chi connectivity index (χ3n) is 7.84. The van der Waals surface area contributed by atoms with Crippen molar-refractivity contribution in [3.8, 4) is 0 Å². The Morgan fingerprint density at radius 1 is 1.03 bits per heavy atom. The highest BCUT2D eigenvalue weighted by molar-refractivity contribution is 5.78. The van der Waals surface area contributed by atoms with Crippen molar-refractivity contribution in [1.82, 2.24) is 4.90 Å². The zero-order chi connectivity index (χ0) is 24.4. The fourth-order valence-electron chi connectivity index (χ4n) is 5.89. The second-order valence-electron chi connectivity index (χ2n) is 10.2. The number of benzene rings is 2. The van der Waals surface area contributed by atoms with Crippen LogP contribution >= 0.6 is 0 Å². The molecule has 2 atom stereocenters. The number of ether oxygens (including phenoxy) is 1. The van der Waals surface area contributed by atoms with E-state index < -0.39 is 0 Å². The van der Waals surface area contributed by atoms with E-state index in [9.17, 15) is 14.9 Å². The lowest BCUT2D eigenvalue weighted by atomic mass is 9.92. The normalized spacial score (nSPS) is 26.0. The summed E-state index contributed by atoms with van der Waals surface area (Å²) < 4.78 is 6.03. The van der Waals surface area contributed by atoms with E-state index in [1.807, 2.05) is 17.0 Å².